The average Bonchev–Trinajstić information content (AvgIpc) is 2.49. The zero-order valence-corrected chi connectivity index (χ0v) is 10.0. The smallest absolute Gasteiger partial charge is 0.239 e. The van der Waals surface area contributed by atoms with Gasteiger partial charge in [0.2, 0.25) is 11.8 Å². The van der Waals surface area contributed by atoms with E-state index >= 15 is 0 Å². The zero-order valence-electron chi connectivity index (χ0n) is 10.0. The molecule has 1 aromatic rings. The van der Waals surface area contributed by atoms with Crippen molar-refractivity contribution >= 4 is 17.5 Å². The van der Waals surface area contributed by atoms with Crippen LogP contribution >= 0.6 is 0 Å². The molecule has 1 aliphatic heterocycles. The van der Waals surface area contributed by atoms with Crippen molar-refractivity contribution in [1.82, 2.24) is 0 Å². The molecular formula is C13H11FN2O2. The van der Waals surface area contributed by atoms with Crippen molar-refractivity contribution in [3.63, 3.8) is 0 Å². The first-order valence-corrected chi connectivity index (χ1v) is 5.44. The number of hydrogen-bond donors (Lipinski definition) is 0. The number of amides is 2. The summed E-state index contributed by atoms with van der Waals surface area (Å²) < 4.78 is 13.0. The Labute approximate surface area is 104 Å². The molecule has 1 fully saturated rings. The second kappa shape index (κ2) is 3.91. The SMILES string of the molecule is CC1(C)CC(=O)N(c2ccc(F)cc2C#N)C1=O. The molecular weight excluding hydrogens is 235 g/mol. The number of benzene rings is 1. The lowest BCUT2D eigenvalue weighted by Gasteiger charge is -2.18. The molecule has 1 aromatic carbocycles. The summed E-state index contributed by atoms with van der Waals surface area (Å²) in [4.78, 5) is 24.9. The quantitative estimate of drug-likeness (QED) is 0.712. The van der Waals surface area contributed by atoms with E-state index in [1.807, 2.05) is 0 Å². The highest BCUT2D eigenvalue weighted by Crippen LogP contribution is 2.36. The second-order valence-electron chi connectivity index (χ2n) is 4.87. The molecule has 2 amide bonds. The van der Waals surface area contributed by atoms with Crippen LogP contribution in [-0.2, 0) is 9.59 Å². The normalized spacial score (nSPS) is 18.0. The Balaban J connectivity index is 2.54. The standard InChI is InChI=1S/C13H11FN2O2/c1-13(2)6-11(17)16(12(13)18)10-4-3-9(14)5-8(10)7-15/h3-5H,6H2,1-2H3. The van der Waals surface area contributed by atoms with Crippen molar-refractivity contribution in [3.05, 3.63) is 29.6 Å². The molecule has 0 spiro atoms. The van der Waals surface area contributed by atoms with Crippen molar-refractivity contribution < 1.29 is 14.0 Å². The molecule has 92 valence electrons. The number of hydrogen-bond acceptors (Lipinski definition) is 3. The number of rotatable bonds is 1. The van der Waals surface area contributed by atoms with Crippen LogP contribution in [0.25, 0.3) is 0 Å². The summed E-state index contributed by atoms with van der Waals surface area (Å²) in [6, 6.07) is 5.22. The van der Waals surface area contributed by atoms with E-state index in [0.717, 1.165) is 17.0 Å². The Morgan fingerprint density at radius 3 is 2.56 bits per heavy atom. The second-order valence-corrected chi connectivity index (χ2v) is 4.87. The third-order valence-corrected chi connectivity index (χ3v) is 2.94. The van der Waals surface area contributed by atoms with Crippen molar-refractivity contribution in [3.8, 4) is 6.07 Å². The van der Waals surface area contributed by atoms with Gasteiger partial charge in [0, 0.05) is 6.42 Å². The highest BCUT2D eigenvalue weighted by Gasteiger charge is 2.46. The molecule has 0 aliphatic carbocycles. The van der Waals surface area contributed by atoms with E-state index in [0.29, 0.717) is 0 Å². The van der Waals surface area contributed by atoms with Gasteiger partial charge in [-0.15, -0.1) is 0 Å². The monoisotopic (exact) mass is 246 g/mol. The van der Waals surface area contributed by atoms with E-state index in [1.165, 1.54) is 6.07 Å². The minimum absolute atomic E-state index is 0.0191. The maximum atomic E-state index is 13.0. The first kappa shape index (κ1) is 12.2. The Kier molecular flexibility index (Phi) is 2.66. The number of imide groups is 1. The minimum atomic E-state index is -0.780. The summed E-state index contributed by atoms with van der Waals surface area (Å²) in [5, 5.41) is 8.94. The third kappa shape index (κ3) is 1.76. The molecule has 0 bridgehead atoms. The minimum Gasteiger partial charge on any atom is -0.274 e. The summed E-state index contributed by atoms with van der Waals surface area (Å²) in [5.74, 6) is -1.31. The van der Waals surface area contributed by atoms with Gasteiger partial charge in [-0.1, -0.05) is 13.8 Å². The van der Waals surface area contributed by atoms with Crippen LogP contribution in [0.5, 0.6) is 0 Å². The number of nitriles is 1. The molecule has 0 radical (unpaired) electrons. The van der Waals surface area contributed by atoms with Gasteiger partial charge < -0.3 is 0 Å². The lowest BCUT2D eigenvalue weighted by molar-refractivity contribution is -0.124. The van der Waals surface area contributed by atoms with Gasteiger partial charge in [-0.3, -0.25) is 9.59 Å². The van der Waals surface area contributed by atoms with Crippen LogP contribution in [0.3, 0.4) is 0 Å². The van der Waals surface area contributed by atoms with Crippen LogP contribution in [0.1, 0.15) is 25.8 Å². The third-order valence-electron chi connectivity index (χ3n) is 2.94. The number of nitrogens with zero attached hydrogens (tertiary/aromatic N) is 2. The summed E-state index contributed by atoms with van der Waals surface area (Å²) >= 11 is 0. The highest BCUT2D eigenvalue weighted by atomic mass is 19.1. The van der Waals surface area contributed by atoms with E-state index in [2.05, 4.69) is 0 Å². The summed E-state index contributed by atoms with van der Waals surface area (Å²) in [6.45, 7) is 3.34. The summed E-state index contributed by atoms with van der Waals surface area (Å²) in [6.07, 6.45) is 0.0913. The van der Waals surface area contributed by atoms with E-state index in [4.69, 9.17) is 5.26 Å². The average molecular weight is 246 g/mol. The molecule has 18 heavy (non-hydrogen) atoms. The van der Waals surface area contributed by atoms with E-state index in [-0.39, 0.29) is 29.5 Å². The Morgan fingerprint density at radius 1 is 1.39 bits per heavy atom. The first-order valence-electron chi connectivity index (χ1n) is 5.44. The molecule has 4 nitrogen and oxygen atoms in total. The number of carbonyl (C=O) groups is 2. The lowest BCUT2D eigenvalue weighted by Crippen LogP contribution is -2.33. The molecule has 2 rings (SSSR count). The fourth-order valence-corrected chi connectivity index (χ4v) is 1.99. The van der Waals surface area contributed by atoms with Crippen LogP contribution in [0.15, 0.2) is 18.2 Å². The lowest BCUT2D eigenvalue weighted by atomic mass is 9.92. The van der Waals surface area contributed by atoms with E-state index < -0.39 is 11.2 Å². The van der Waals surface area contributed by atoms with Gasteiger partial charge in [-0.25, -0.2) is 9.29 Å². The maximum Gasteiger partial charge on any atom is 0.239 e. The van der Waals surface area contributed by atoms with Crippen LogP contribution in [0, 0.1) is 22.6 Å². The van der Waals surface area contributed by atoms with Gasteiger partial charge in [0.05, 0.1) is 16.7 Å². The zero-order chi connectivity index (χ0) is 13.5. The van der Waals surface area contributed by atoms with Crippen molar-refractivity contribution in [2.24, 2.45) is 5.41 Å². The fraction of sp³-hybridized carbons (Fsp3) is 0.308. The molecule has 1 heterocycles. The molecule has 0 atom stereocenters. The molecule has 0 N–H and O–H groups in total. The van der Waals surface area contributed by atoms with Gasteiger partial charge in [-0.2, -0.15) is 5.26 Å². The summed E-state index contributed by atoms with van der Waals surface area (Å²) in [7, 11) is 0. The largest absolute Gasteiger partial charge is 0.274 e. The number of carbonyl (C=O) groups excluding carboxylic acids is 2. The highest BCUT2D eigenvalue weighted by molar-refractivity contribution is 6.22. The topological polar surface area (TPSA) is 61.2 Å². The van der Waals surface area contributed by atoms with Gasteiger partial charge >= 0.3 is 0 Å². The maximum absolute atomic E-state index is 13.0. The van der Waals surface area contributed by atoms with Crippen LogP contribution in [0.4, 0.5) is 10.1 Å². The van der Waals surface area contributed by atoms with Crippen LogP contribution in [-0.4, -0.2) is 11.8 Å². The molecule has 0 saturated carbocycles. The molecule has 1 saturated heterocycles. The Hall–Kier alpha value is -2.22. The van der Waals surface area contributed by atoms with Crippen molar-refractivity contribution in [2.75, 3.05) is 4.90 Å². The predicted octanol–water partition coefficient (Wildman–Crippen LogP) is 1.99. The number of anilines is 1. The van der Waals surface area contributed by atoms with Gasteiger partial charge in [0.25, 0.3) is 0 Å². The Bertz CT molecular complexity index is 587. The Morgan fingerprint density at radius 2 is 2.06 bits per heavy atom. The molecule has 0 unspecified atom stereocenters. The van der Waals surface area contributed by atoms with Crippen molar-refractivity contribution in [1.29, 1.82) is 5.26 Å². The van der Waals surface area contributed by atoms with Gasteiger partial charge in [0.1, 0.15) is 11.9 Å². The van der Waals surface area contributed by atoms with Gasteiger partial charge in [-0.05, 0) is 18.2 Å². The van der Waals surface area contributed by atoms with E-state index in [1.54, 1.807) is 19.9 Å². The molecule has 1 aliphatic rings. The van der Waals surface area contributed by atoms with Crippen LogP contribution < -0.4 is 4.90 Å². The first-order chi connectivity index (χ1) is 8.36. The van der Waals surface area contributed by atoms with Crippen LogP contribution in [0.2, 0.25) is 0 Å². The molecule has 0 aromatic heterocycles. The van der Waals surface area contributed by atoms with Crippen molar-refractivity contribution in [2.45, 2.75) is 20.3 Å². The van der Waals surface area contributed by atoms with E-state index in [9.17, 15) is 14.0 Å². The summed E-state index contributed by atoms with van der Waals surface area (Å²) in [5.41, 5.74) is -0.646. The number of halogens is 1. The van der Waals surface area contributed by atoms with Gasteiger partial charge in [0.15, 0.2) is 0 Å². The molecule has 5 heteroatoms. The fourth-order valence-electron chi connectivity index (χ4n) is 1.99. The predicted molar refractivity (Wildman–Crippen MR) is 62.0 cm³/mol.